The number of hydrogen-bond donors (Lipinski definition) is 3. The van der Waals surface area contributed by atoms with Crippen LogP contribution in [0.5, 0.6) is 0 Å². The number of rotatable bonds is 5. The summed E-state index contributed by atoms with van der Waals surface area (Å²) in [7, 11) is 0. The van der Waals surface area contributed by atoms with Gasteiger partial charge in [-0.05, 0) is 67.8 Å². The molecule has 7 atom stereocenters. The summed E-state index contributed by atoms with van der Waals surface area (Å²) >= 11 is 1.36. The Labute approximate surface area is 177 Å². The number of carbonyl (C=O) groups is 2. The third kappa shape index (κ3) is 3.08. The molecule has 4 aliphatic rings. The van der Waals surface area contributed by atoms with Gasteiger partial charge >= 0.3 is 0 Å². The van der Waals surface area contributed by atoms with Gasteiger partial charge in [-0.3, -0.25) is 9.59 Å². The molecule has 3 fully saturated rings. The van der Waals surface area contributed by atoms with Crippen molar-refractivity contribution in [3.05, 3.63) is 11.6 Å². The van der Waals surface area contributed by atoms with E-state index < -0.39 is 17.1 Å². The topological polar surface area (TPSA) is 94.8 Å². The van der Waals surface area contributed by atoms with Crippen LogP contribution in [-0.2, 0) is 9.59 Å². The Hall–Kier alpha value is -0.690. The van der Waals surface area contributed by atoms with Crippen molar-refractivity contribution in [2.45, 2.75) is 70.5 Å². The Morgan fingerprint density at radius 1 is 1.24 bits per heavy atom. The second kappa shape index (κ2) is 7.47. The summed E-state index contributed by atoms with van der Waals surface area (Å²) in [5.41, 5.74) is -0.973. The minimum Gasteiger partial charge on any atom is -0.396 e. The molecule has 6 heteroatoms. The number of fused-ring (bicyclic) bond motifs is 5. The molecular weight excluding hydrogens is 388 g/mol. The van der Waals surface area contributed by atoms with Crippen LogP contribution in [0, 0.1) is 28.6 Å². The molecule has 0 aliphatic heterocycles. The fraction of sp³-hybridized carbons (Fsp3) is 0.826. The Balaban J connectivity index is 1.63. The van der Waals surface area contributed by atoms with Crippen LogP contribution in [0.25, 0.3) is 0 Å². The zero-order valence-corrected chi connectivity index (χ0v) is 18.3. The highest BCUT2D eigenvalue weighted by atomic mass is 32.2. The maximum Gasteiger partial charge on any atom is 0.174 e. The quantitative estimate of drug-likeness (QED) is 0.590. The molecule has 0 bridgehead atoms. The van der Waals surface area contributed by atoms with Gasteiger partial charge in [-0.1, -0.05) is 19.4 Å². The van der Waals surface area contributed by atoms with Crippen molar-refractivity contribution in [2.24, 2.45) is 28.6 Å². The van der Waals surface area contributed by atoms with Crippen molar-refractivity contribution in [3.63, 3.8) is 0 Å². The van der Waals surface area contributed by atoms with Crippen molar-refractivity contribution in [1.82, 2.24) is 0 Å². The van der Waals surface area contributed by atoms with E-state index >= 15 is 0 Å². The van der Waals surface area contributed by atoms with Crippen LogP contribution in [-0.4, -0.2) is 56.7 Å². The minimum absolute atomic E-state index is 0.0235. The van der Waals surface area contributed by atoms with Gasteiger partial charge in [0.15, 0.2) is 11.6 Å². The molecule has 0 spiro atoms. The molecule has 4 rings (SSSR count). The number of thioether (sulfide) groups is 1. The Morgan fingerprint density at radius 2 is 2.00 bits per heavy atom. The predicted octanol–water partition coefficient (Wildman–Crippen LogP) is 2.51. The molecule has 0 aromatic rings. The van der Waals surface area contributed by atoms with Crippen LogP contribution in [0.1, 0.15) is 58.8 Å². The van der Waals surface area contributed by atoms with Crippen LogP contribution in [0.4, 0.5) is 0 Å². The average molecular weight is 423 g/mol. The van der Waals surface area contributed by atoms with Crippen molar-refractivity contribution < 1.29 is 24.9 Å². The SMILES string of the molecule is C[C@]12CCC(=O)C=C1CCC1C2C(O)C[C@@]2(C)C1CC[C@]2(O)C(=O)CSCCO. The third-order valence-corrected chi connectivity index (χ3v) is 9.92. The predicted molar refractivity (Wildman–Crippen MR) is 112 cm³/mol. The van der Waals surface area contributed by atoms with E-state index in [1.165, 1.54) is 17.3 Å². The summed E-state index contributed by atoms with van der Waals surface area (Å²) in [6.45, 7) is 4.25. The zero-order chi connectivity index (χ0) is 21.0. The van der Waals surface area contributed by atoms with Gasteiger partial charge in [0.25, 0.3) is 0 Å². The van der Waals surface area contributed by atoms with E-state index in [4.69, 9.17) is 5.11 Å². The molecule has 4 aliphatic carbocycles. The third-order valence-electron chi connectivity index (χ3n) is 8.98. The van der Waals surface area contributed by atoms with Crippen molar-refractivity contribution in [2.75, 3.05) is 18.1 Å². The summed E-state index contributed by atoms with van der Waals surface area (Å²) in [6.07, 6.45) is 6.08. The number of carbonyl (C=O) groups excluding carboxylic acids is 2. The highest BCUT2D eigenvalue weighted by Crippen LogP contribution is 2.67. The lowest BCUT2D eigenvalue weighted by atomic mass is 9.45. The lowest BCUT2D eigenvalue weighted by Gasteiger charge is -2.60. The van der Waals surface area contributed by atoms with Gasteiger partial charge in [0.1, 0.15) is 5.60 Å². The first kappa shape index (κ1) is 21.5. The van der Waals surface area contributed by atoms with Gasteiger partial charge in [-0.15, -0.1) is 0 Å². The van der Waals surface area contributed by atoms with E-state index in [0.29, 0.717) is 25.0 Å². The van der Waals surface area contributed by atoms with Crippen molar-refractivity contribution in [1.29, 1.82) is 0 Å². The summed E-state index contributed by atoms with van der Waals surface area (Å²) in [5.74, 6) is 1.31. The second-order valence-corrected chi connectivity index (χ2v) is 11.3. The summed E-state index contributed by atoms with van der Waals surface area (Å²) in [5, 5.41) is 31.9. The van der Waals surface area contributed by atoms with Crippen LogP contribution in [0.15, 0.2) is 11.6 Å². The molecule has 162 valence electrons. The summed E-state index contributed by atoms with van der Waals surface area (Å²) < 4.78 is 0. The highest BCUT2D eigenvalue weighted by Gasteiger charge is 2.68. The van der Waals surface area contributed by atoms with Crippen LogP contribution in [0.3, 0.4) is 0 Å². The standard InChI is InChI=1S/C23H34O5S/c1-21-7-5-15(25)11-14(21)3-4-16-17-6-8-23(28,19(27)13-29-10-9-24)22(17,2)12-18(26)20(16)21/h11,16-18,20,24,26,28H,3-10,12-13H2,1-2H3/t16?,17?,18?,20?,21-,22-,23-/m0/s1. The van der Waals surface area contributed by atoms with E-state index in [2.05, 4.69) is 6.92 Å². The first-order chi connectivity index (χ1) is 13.7. The van der Waals surface area contributed by atoms with E-state index in [9.17, 15) is 19.8 Å². The number of hydrogen-bond acceptors (Lipinski definition) is 6. The Morgan fingerprint density at radius 3 is 2.72 bits per heavy atom. The lowest BCUT2D eigenvalue weighted by molar-refractivity contribution is -0.178. The largest absolute Gasteiger partial charge is 0.396 e. The lowest BCUT2D eigenvalue weighted by Crippen LogP contribution is -2.62. The Bertz CT molecular complexity index is 735. The number of Topliss-reactive ketones (excluding diaryl/α,β-unsaturated/α-hetero) is 1. The van der Waals surface area contributed by atoms with Gasteiger partial charge in [0.2, 0.25) is 0 Å². The first-order valence-electron chi connectivity index (χ1n) is 11.0. The highest BCUT2D eigenvalue weighted by molar-refractivity contribution is 7.99. The normalized spacial score (nSPS) is 46.5. The molecule has 0 radical (unpaired) electrons. The van der Waals surface area contributed by atoms with Gasteiger partial charge in [0.05, 0.1) is 18.5 Å². The van der Waals surface area contributed by atoms with Crippen molar-refractivity contribution >= 4 is 23.3 Å². The van der Waals surface area contributed by atoms with Crippen molar-refractivity contribution in [3.8, 4) is 0 Å². The molecule has 4 unspecified atom stereocenters. The number of aliphatic hydroxyl groups excluding tert-OH is 2. The number of allylic oxidation sites excluding steroid dienone is 1. The second-order valence-electron chi connectivity index (χ2n) is 10.2. The van der Waals surface area contributed by atoms with Gasteiger partial charge in [-0.2, -0.15) is 11.8 Å². The molecule has 5 nitrogen and oxygen atoms in total. The molecule has 3 saturated carbocycles. The van der Waals surface area contributed by atoms with E-state index in [0.717, 1.165) is 25.7 Å². The maximum absolute atomic E-state index is 13.0. The average Bonchev–Trinajstić information content (AvgIpc) is 2.94. The molecule has 0 amide bonds. The molecule has 0 saturated heterocycles. The number of ketones is 2. The zero-order valence-electron chi connectivity index (χ0n) is 17.5. The van der Waals surface area contributed by atoms with E-state index in [-0.39, 0.29) is 47.1 Å². The molecule has 3 N–H and O–H groups in total. The monoisotopic (exact) mass is 422 g/mol. The fourth-order valence-electron chi connectivity index (χ4n) is 7.50. The van der Waals surface area contributed by atoms with Crippen LogP contribution >= 0.6 is 11.8 Å². The first-order valence-corrected chi connectivity index (χ1v) is 12.2. The van der Waals surface area contributed by atoms with Crippen LogP contribution in [0.2, 0.25) is 0 Å². The fourth-order valence-corrected chi connectivity index (χ4v) is 8.20. The summed E-state index contributed by atoms with van der Waals surface area (Å²) in [4.78, 5) is 25.0. The Kier molecular flexibility index (Phi) is 5.55. The number of aliphatic hydroxyl groups is 3. The molecular formula is C23H34O5S. The van der Waals surface area contributed by atoms with Gasteiger partial charge < -0.3 is 15.3 Å². The van der Waals surface area contributed by atoms with E-state index in [1.54, 1.807) is 0 Å². The minimum atomic E-state index is -1.40. The molecule has 0 aromatic heterocycles. The smallest absolute Gasteiger partial charge is 0.174 e. The maximum atomic E-state index is 13.0. The molecule has 0 heterocycles. The summed E-state index contributed by atoms with van der Waals surface area (Å²) in [6, 6.07) is 0. The van der Waals surface area contributed by atoms with E-state index in [1.807, 2.05) is 13.0 Å². The van der Waals surface area contributed by atoms with Gasteiger partial charge in [-0.25, -0.2) is 0 Å². The molecule has 0 aromatic carbocycles. The van der Waals surface area contributed by atoms with Crippen LogP contribution < -0.4 is 0 Å². The van der Waals surface area contributed by atoms with Gasteiger partial charge in [0, 0.05) is 17.6 Å². The molecule has 29 heavy (non-hydrogen) atoms.